The predicted molar refractivity (Wildman–Crippen MR) is 74.1 cm³/mol. The third kappa shape index (κ3) is 2.90. The van der Waals surface area contributed by atoms with Gasteiger partial charge in [0.1, 0.15) is 11.6 Å². The van der Waals surface area contributed by atoms with Crippen molar-refractivity contribution in [3.05, 3.63) is 63.5 Å². The average molecular weight is 268 g/mol. The molecular weight excluding hydrogens is 256 g/mol. The number of hydrogen-bond donors (Lipinski definition) is 1. The molecular formula is C14H12N4O2. The number of aromatic nitrogens is 1. The molecule has 0 saturated heterocycles. The summed E-state index contributed by atoms with van der Waals surface area (Å²) in [6.07, 6.45) is 3.46. The van der Waals surface area contributed by atoms with Crippen molar-refractivity contribution in [3.8, 4) is 6.07 Å². The summed E-state index contributed by atoms with van der Waals surface area (Å²) in [4.78, 5) is 14.4. The van der Waals surface area contributed by atoms with Gasteiger partial charge in [-0.1, -0.05) is 0 Å². The highest BCUT2D eigenvalue weighted by molar-refractivity contribution is 5.59. The molecule has 0 aliphatic heterocycles. The fourth-order valence-electron chi connectivity index (χ4n) is 1.77. The van der Waals surface area contributed by atoms with Gasteiger partial charge < -0.3 is 5.32 Å². The van der Waals surface area contributed by atoms with Gasteiger partial charge in [0.25, 0.3) is 5.69 Å². The van der Waals surface area contributed by atoms with E-state index in [2.05, 4.69) is 10.3 Å². The molecule has 1 N–H and O–H groups in total. The van der Waals surface area contributed by atoms with Crippen LogP contribution >= 0.6 is 0 Å². The number of nitrogens with zero attached hydrogens (tertiary/aromatic N) is 3. The van der Waals surface area contributed by atoms with E-state index in [1.165, 1.54) is 12.1 Å². The van der Waals surface area contributed by atoms with Gasteiger partial charge in [0.15, 0.2) is 0 Å². The van der Waals surface area contributed by atoms with Gasteiger partial charge in [0.05, 0.1) is 4.92 Å². The predicted octanol–water partition coefficient (Wildman–Crippen LogP) is 2.78. The number of nitriles is 1. The van der Waals surface area contributed by atoms with Gasteiger partial charge in [-0.3, -0.25) is 15.1 Å². The number of pyridine rings is 1. The molecule has 0 amide bonds. The summed E-state index contributed by atoms with van der Waals surface area (Å²) >= 11 is 0. The third-order valence-corrected chi connectivity index (χ3v) is 2.95. The molecule has 1 heterocycles. The second-order valence-electron chi connectivity index (χ2n) is 4.26. The molecule has 20 heavy (non-hydrogen) atoms. The summed E-state index contributed by atoms with van der Waals surface area (Å²) in [6, 6.07) is 8.17. The first-order chi connectivity index (χ1) is 9.61. The highest BCUT2D eigenvalue weighted by atomic mass is 16.6. The molecule has 2 rings (SSSR count). The normalized spacial score (nSPS) is 9.80. The molecule has 0 radical (unpaired) electrons. The summed E-state index contributed by atoms with van der Waals surface area (Å²) in [5.41, 5.74) is 2.56. The van der Waals surface area contributed by atoms with Gasteiger partial charge >= 0.3 is 0 Å². The molecule has 0 aliphatic carbocycles. The molecule has 0 spiro atoms. The van der Waals surface area contributed by atoms with Crippen LogP contribution in [0, 0.1) is 28.4 Å². The van der Waals surface area contributed by atoms with Crippen LogP contribution < -0.4 is 5.32 Å². The maximum absolute atomic E-state index is 10.9. The minimum Gasteiger partial charge on any atom is -0.381 e. The Hall–Kier alpha value is -2.94. The van der Waals surface area contributed by atoms with Crippen molar-refractivity contribution < 1.29 is 4.92 Å². The van der Waals surface area contributed by atoms with E-state index in [9.17, 15) is 10.1 Å². The maximum Gasteiger partial charge on any atom is 0.289 e. The smallest absolute Gasteiger partial charge is 0.289 e. The van der Waals surface area contributed by atoms with Crippen molar-refractivity contribution in [2.45, 2.75) is 13.5 Å². The molecule has 2 aromatic rings. The van der Waals surface area contributed by atoms with Gasteiger partial charge in [-0.05, 0) is 36.2 Å². The number of aryl methyl sites for hydroxylation is 1. The standard InChI is InChI=1S/C14H12N4O2/c1-10-4-5-16-8-12(10)9-17-13-3-2-11(7-15)14(6-13)18(19)20/h2-6,8,17H,9H2,1H3. The van der Waals surface area contributed by atoms with Crippen LogP contribution in [0.1, 0.15) is 16.7 Å². The van der Waals surface area contributed by atoms with Crippen molar-refractivity contribution in [2.24, 2.45) is 0 Å². The Morgan fingerprint density at radius 1 is 1.45 bits per heavy atom. The van der Waals surface area contributed by atoms with Crippen LogP contribution in [0.3, 0.4) is 0 Å². The van der Waals surface area contributed by atoms with Crippen molar-refractivity contribution in [1.82, 2.24) is 4.98 Å². The maximum atomic E-state index is 10.9. The van der Waals surface area contributed by atoms with Gasteiger partial charge in [-0.25, -0.2) is 0 Å². The first kappa shape index (κ1) is 13.5. The minimum absolute atomic E-state index is 0.0538. The first-order valence-electron chi connectivity index (χ1n) is 5.93. The van der Waals surface area contributed by atoms with Crippen LogP contribution in [0.25, 0.3) is 0 Å². The summed E-state index contributed by atoms with van der Waals surface area (Å²) in [7, 11) is 0. The highest BCUT2D eigenvalue weighted by Gasteiger charge is 2.14. The topological polar surface area (TPSA) is 91.8 Å². The zero-order valence-electron chi connectivity index (χ0n) is 10.8. The van der Waals surface area contributed by atoms with Crippen molar-refractivity contribution >= 4 is 11.4 Å². The second kappa shape index (κ2) is 5.80. The van der Waals surface area contributed by atoms with E-state index in [0.717, 1.165) is 11.1 Å². The fourth-order valence-corrected chi connectivity index (χ4v) is 1.77. The molecule has 0 saturated carbocycles. The average Bonchev–Trinajstić information content (AvgIpc) is 2.46. The third-order valence-electron chi connectivity index (χ3n) is 2.95. The van der Waals surface area contributed by atoms with Crippen molar-refractivity contribution in [2.75, 3.05) is 5.32 Å². The van der Waals surface area contributed by atoms with E-state index >= 15 is 0 Å². The van der Waals surface area contributed by atoms with E-state index < -0.39 is 4.92 Å². The Morgan fingerprint density at radius 2 is 2.25 bits per heavy atom. The molecule has 0 atom stereocenters. The number of rotatable bonds is 4. The number of nitro benzene ring substituents is 1. The fraction of sp³-hybridized carbons (Fsp3) is 0.143. The molecule has 0 unspecified atom stereocenters. The second-order valence-corrected chi connectivity index (χ2v) is 4.26. The lowest BCUT2D eigenvalue weighted by Crippen LogP contribution is -2.03. The molecule has 1 aromatic carbocycles. The molecule has 0 aliphatic rings. The Balaban J connectivity index is 2.19. The molecule has 1 aromatic heterocycles. The zero-order valence-corrected chi connectivity index (χ0v) is 10.8. The molecule has 6 nitrogen and oxygen atoms in total. The highest BCUT2D eigenvalue weighted by Crippen LogP contribution is 2.23. The number of nitro groups is 1. The molecule has 100 valence electrons. The van der Waals surface area contributed by atoms with Crippen LogP contribution in [0.5, 0.6) is 0 Å². The SMILES string of the molecule is Cc1ccncc1CNc1ccc(C#N)c([N+](=O)[O-])c1. The Labute approximate surface area is 115 Å². The molecule has 6 heteroatoms. The van der Waals surface area contributed by atoms with E-state index in [1.807, 2.05) is 19.1 Å². The summed E-state index contributed by atoms with van der Waals surface area (Å²) in [5, 5.41) is 22.8. The van der Waals surface area contributed by atoms with E-state index in [4.69, 9.17) is 5.26 Å². The number of anilines is 1. The largest absolute Gasteiger partial charge is 0.381 e. The van der Waals surface area contributed by atoms with Crippen LogP contribution in [0.4, 0.5) is 11.4 Å². The molecule has 0 bridgehead atoms. The van der Waals surface area contributed by atoms with Crippen LogP contribution in [0.2, 0.25) is 0 Å². The number of nitrogens with one attached hydrogen (secondary N) is 1. The lowest BCUT2D eigenvalue weighted by molar-refractivity contribution is -0.385. The van der Waals surface area contributed by atoms with Crippen LogP contribution in [-0.4, -0.2) is 9.91 Å². The quantitative estimate of drug-likeness (QED) is 0.680. The minimum atomic E-state index is -0.556. The summed E-state index contributed by atoms with van der Waals surface area (Å²) < 4.78 is 0. The summed E-state index contributed by atoms with van der Waals surface area (Å²) in [5.74, 6) is 0. The van der Waals surface area contributed by atoms with Crippen LogP contribution in [-0.2, 0) is 6.54 Å². The van der Waals surface area contributed by atoms with Gasteiger partial charge in [-0.2, -0.15) is 5.26 Å². The van der Waals surface area contributed by atoms with Gasteiger partial charge in [0.2, 0.25) is 0 Å². The van der Waals surface area contributed by atoms with Crippen molar-refractivity contribution in [3.63, 3.8) is 0 Å². The van der Waals surface area contributed by atoms with E-state index in [-0.39, 0.29) is 11.3 Å². The van der Waals surface area contributed by atoms with Crippen molar-refractivity contribution in [1.29, 1.82) is 5.26 Å². The van der Waals surface area contributed by atoms with E-state index in [0.29, 0.717) is 12.2 Å². The summed E-state index contributed by atoms with van der Waals surface area (Å²) in [6.45, 7) is 2.49. The Bertz CT molecular complexity index is 692. The zero-order chi connectivity index (χ0) is 14.5. The van der Waals surface area contributed by atoms with Gasteiger partial charge in [-0.15, -0.1) is 0 Å². The Kier molecular flexibility index (Phi) is 3.91. The monoisotopic (exact) mass is 268 g/mol. The lowest BCUT2D eigenvalue weighted by atomic mass is 10.1. The molecule has 0 fully saturated rings. The Morgan fingerprint density at radius 3 is 2.90 bits per heavy atom. The van der Waals surface area contributed by atoms with Crippen LogP contribution in [0.15, 0.2) is 36.7 Å². The first-order valence-corrected chi connectivity index (χ1v) is 5.93. The van der Waals surface area contributed by atoms with Gasteiger partial charge in [0, 0.05) is 30.7 Å². The number of hydrogen-bond acceptors (Lipinski definition) is 5. The van der Waals surface area contributed by atoms with E-state index in [1.54, 1.807) is 18.5 Å². The lowest BCUT2D eigenvalue weighted by Gasteiger charge is -2.08. The number of benzene rings is 1.